The van der Waals surface area contributed by atoms with E-state index in [1.807, 2.05) is 42.5 Å². The fourth-order valence-electron chi connectivity index (χ4n) is 1.91. The molecular formula is C15H17BrN2O. The lowest BCUT2D eigenvalue weighted by molar-refractivity contribution is 0.415. The predicted octanol–water partition coefficient (Wildman–Crippen LogP) is 3.57. The highest BCUT2D eigenvalue weighted by molar-refractivity contribution is 9.10. The van der Waals surface area contributed by atoms with Crippen molar-refractivity contribution in [3.63, 3.8) is 0 Å². The average Bonchev–Trinajstić information content (AvgIpc) is 2.46. The second-order valence-corrected chi connectivity index (χ2v) is 5.04. The summed E-state index contributed by atoms with van der Waals surface area (Å²) >= 11 is 3.56. The van der Waals surface area contributed by atoms with Crippen molar-refractivity contribution >= 4 is 21.6 Å². The van der Waals surface area contributed by atoms with Gasteiger partial charge in [-0.25, -0.2) is 0 Å². The van der Waals surface area contributed by atoms with Crippen LogP contribution in [0.5, 0.6) is 5.75 Å². The number of halogens is 1. The van der Waals surface area contributed by atoms with Crippen LogP contribution < -0.4 is 15.8 Å². The Morgan fingerprint density at radius 1 is 1.16 bits per heavy atom. The molecule has 0 saturated carbocycles. The van der Waals surface area contributed by atoms with Gasteiger partial charge in [-0.05, 0) is 35.9 Å². The highest BCUT2D eigenvalue weighted by Gasteiger charge is 2.12. The molecule has 3 N–H and O–H groups in total. The average molecular weight is 321 g/mol. The summed E-state index contributed by atoms with van der Waals surface area (Å²) in [5.74, 6) is 0.843. The van der Waals surface area contributed by atoms with Crippen molar-refractivity contribution in [3.05, 3.63) is 58.6 Å². The predicted molar refractivity (Wildman–Crippen MR) is 82.6 cm³/mol. The lowest BCUT2D eigenvalue weighted by atomic mass is 10.1. The van der Waals surface area contributed by atoms with E-state index in [4.69, 9.17) is 10.5 Å². The number of nitrogens with one attached hydrogen (secondary N) is 1. The maximum Gasteiger partial charge on any atom is 0.119 e. The smallest absolute Gasteiger partial charge is 0.119 e. The van der Waals surface area contributed by atoms with Crippen LogP contribution in [0.1, 0.15) is 11.6 Å². The Hall–Kier alpha value is -1.52. The molecule has 0 radical (unpaired) electrons. The minimum absolute atomic E-state index is 0.0731. The molecule has 19 heavy (non-hydrogen) atoms. The fourth-order valence-corrected chi connectivity index (χ4v) is 2.47. The molecule has 4 heteroatoms. The van der Waals surface area contributed by atoms with Crippen molar-refractivity contribution < 1.29 is 4.74 Å². The molecular weight excluding hydrogens is 304 g/mol. The van der Waals surface area contributed by atoms with E-state index in [-0.39, 0.29) is 6.04 Å². The minimum atomic E-state index is 0.0731. The van der Waals surface area contributed by atoms with Gasteiger partial charge in [0.15, 0.2) is 0 Å². The molecule has 0 saturated heterocycles. The number of anilines is 1. The van der Waals surface area contributed by atoms with E-state index in [2.05, 4.69) is 27.3 Å². The van der Waals surface area contributed by atoms with Gasteiger partial charge >= 0.3 is 0 Å². The van der Waals surface area contributed by atoms with Crippen molar-refractivity contribution in [1.29, 1.82) is 0 Å². The Balaban J connectivity index is 2.17. The highest BCUT2D eigenvalue weighted by Crippen LogP contribution is 2.26. The summed E-state index contributed by atoms with van der Waals surface area (Å²) in [5.41, 5.74) is 8.04. The Bertz CT molecular complexity index is 528. The van der Waals surface area contributed by atoms with E-state index in [1.165, 1.54) is 0 Å². The summed E-state index contributed by atoms with van der Waals surface area (Å²) < 4.78 is 6.21. The van der Waals surface area contributed by atoms with Crippen LogP contribution >= 0.6 is 15.9 Å². The molecule has 2 aromatic rings. The summed E-state index contributed by atoms with van der Waals surface area (Å²) in [5, 5.41) is 3.43. The van der Waals surface area contributed by atoms with E-state index < -0.39 is 0 Å². The zero-order valence-electron chi connectivity index (χ0n) is 10.8. The van der Waals surface area contributed by atoms with Gasteiger partial charge < -0.3 is 15.8 Å². The second-order valence-electron chi connectivity index (χ2n) is 4.18. The van der Waals surface area contributed by atoms with Crippen LogP contribution in [0.2, 0.25) is 0 Å². The first-order valence-electron chi connectivity index (χ1n) is 6.09. The van der Waals surface area contributed by atoms with Crippen LogP contribution in [0.15, 0.2) is 53.0 Å². The number of ether oxygens (including phenoxy) is 1. The molecule has 2 rings (SSSR count). The Kier molecular flexibility index (Phi) is 4.82. The molecule has 0 amide bonds. The fraction of sp³-hybridized carbons (Fsp3) is 0.200. The third-order valence-electron chi connectivity index (χ3n) is 2.95. The zero-order chi connectivity index (χ0) is 13.7. The standard InChI is InChI=1S/C15H17BrN2O/c1-19-12-8-6-11(7-9-12)18-15(10-17)13-4-2-3-5-14(13)16/h2-9,15,18H,10,17H2,1H3. The van der Waals surface area contributed by atoms with E-state index in [0.29, 0.717) is 6.54 Å². The number of methoxy groups -OCH3 is 1. The molecule has 3 nitrogen and oxygen atoms in total. The van der Waals surface area contributed by atoms with E-state index >= 15 is 0 Å². The van der Waals surface area contributed by atoms with E-state index in [1.54, 1.807) is 7.11 Å². The molecule has 0 aliphatic carbocycles. The van der Waals surface area contributed by atoms with Crippen molar-refractivity contribution in [2.75, 3.05) is 19.0 Å². The van der Waals surface area contributed by atoms with Crippen LogP contribution in [0, 0.1) is 0 Å². The molecule has 0 aliphatic rings. The zero-order valence-corrected chi connectivity index (χ0v) is 12.4. The van der Waals surface area contributed by atoms with E-state index in [0.717, 1.165) is 21.5 Å². The molecule has 100 valence electrons. The molecule has 0 aromatic heterocycles. The number of hydrogen-bond donors (Lipinski definition) is 2. The first-order chi connectivity index (χ1) is 9.24. The summed E-state index contributed by atoms with van der Waals surface area (Å²) in [6.45, 7) is 0.522. The largest absolute Gasteiger partial charge is 0.497 e. The maximum atomic E-state index is 5.87. The molecule has 2 aromatic carbocycles. The van der Waals surface area contributed by atoms with Gasteiger partial charge in [-0.2, -0.15) is 0 Å². The number of benzene rings is 2. The van der Waals surface area contributed by atoms with Gasteiger partial charge in [0.05, 0.1) is 13.2 Å². The normalized spacial score (nSPS) is 11.9. The lowest BCUT2D eigenvalue weighted by Crippen LogP contribution is -2.20. The van der Waals surface area contributed by atoms with Crippen LogP contribution in [0.4, 0.5) is 5.69 Å². The van der Waals surface area contributed by atoms with E-state index in [9.17, 15) is 0 Å². The first-order valence-corrected chi connectivity index (χ1v) is 6.89. The molecule has 0 aliphatic heterocycles. The number of hydrogen-bond acceptors (Lipinski definition) is 3. The molecule has 0 bridgehead atoms. The third-order valence-corrected chi connectivity index (χ3v) is 3.67. The first kappa shape index (κ1) is 13.9. The van der Waals surface area contributed by atoms with Crippen LogP contribution in [0.25, 0.3) is 0 Å². The minimum Gasteiger partial charge on any atom is -0.497 e. The SMILES string of the molecule is COc1ccc(NC(CN)c2ccccc2Br)cc1. The molecule has 1 atom stereocenters. The molecule has 1 unspecified atom stereocenters. The van der Waals surface area contributed by atoms with Gasteiger partial charge in [-0.3, -0.25) is 0 Å². The van der Waals surface area contributed by atoms with Crippen LogP contribution in [-0.4, -0.2) is 13.7 Å². The molecule has 0 fully saturated rings. The van der Waals surface area contributed by atoms with Gasteiger partial charge in [0, 0.05) is 16.7 Å². The van der Waals surface area contributed by atoms with Gasteiger partial charge in [-0.15, -0.1) is 0 Å². The molecule has 0 heterocycles. The second kappa shape index (κ2) is 6.59. The van der Waals surface area contributed by atoms with Gasteiger partial charge in [0.25, 0.3) is 0 Å². The highest BCUT2D eigenvalue weighted by atomic mass is 79.9. The summed E-state index contributed by atoms with van der Waals surface area (Å²) in [7, 11) is 1.66. The van der Waals surface area contributed by atoms with Gasteiger partial charge in [0.2, 0.25) is 0 Å². The number of nitrogens with two attached hydrogens (primary N) is 1. The Morgan fingerprint density at radius 3 is 2.42 bits per heavy atom. The summed E-state index contributed by atoms with van der Waals surface area (Å²) in [6, 6.07) is 16.0. The lowest BCUT2D eigenvalue weighted by Gasteiger charge is -2.20. The van der Waals surface area contributed by atoms with Crippen molar-refractivity contribution in [2.45, 2.75) is 6.04 Å². The van der Waals surface area contributed by atoms with Crippen LogP contribution in [0.3, 0.4) is 0 Å². The third kappa shape index (κ3) is 3.49. The molecule has 0 spiro atoms. The monoisotopic (exact) mass is 320 g/mol. The maximum absolute atomic E-state index is 5.87. The Morgan fingerprint density at radius 2 is 1.84 bits per heavy atom. The van der Waals surface area contributed by atoms with Crippen molar-refractivity contribution in [3.8, 4) is 5.75 Å². The summed E-state index contributed by atoms with van der Waals surface area (Å²) in [6.07, 6.45) is 0. The topological polar surface area (TPSA) is 47.3 Å². The van der Waals surface area contributed by atoms with Crippen LogP contribution in [-0.2, 0) is 0 Å². The van der Waals surface area contributed by atoms with Crippen molar-refractivity contribution in [1.82, 2.24) is 0 Å². The quantitative estimate of drug-likeness (QED) is 0.885. The Labute approximate surface area is 121 Å². The van der Waals surface area contributed by atoms with Gasteiger partial charge in [0.1, 0.15) is 5.75 Å². The van der Waals surface area contributed by atoms with Gasteiger partial charge in [-0.1, -0.05) is 34.1 Å². The number of rotatable bonds is 5. The van der Waals surface area contributed by atoms with Crippen molar-refractivity contribution in [2.24, 2.45) is 5.73 Å². The summed E-state index contributed by atoms with van der Waals surface area (Å²) in [4.78, 5) is 0.